The molecule has 0 radical (unpaired) electrons. The SMILES string of the molecule is CC/C=C\C/C=C\C/C=C\C/C=C\C/C=C\CCCC(=O)NC(COP(=O)([O-])OCC[N+](C)(C)C)C(O)/C=C/CC/C=C/CCCCCCCCCCCCCCCCCCCCCCCCCC. The van der Waals surface area contributed by atoms with E-state index in [1.54, 1.807) is 6.08 Å². The number of aliphatic hydroxyl groups excluding tert-OH is 1. The molecule has 0 rings (SSSR count). The summed E-state index contributed by atoms with van der Waals surface area (Å²) in [7, 11) is 1.20. The number of nitrogens with zero attached hydrogens (tertiary/aromatic N) is 1. The minimum Gasteiger partial charge on any atom is -0.756 e. The van der Waals surface area contributed by atoms with Crippen LogP contribution in [-0.2, 0) is 18.4 Å². The van der Waals surface area contributed by atoms with Gasteiger partial charge in [0.2, 0.25) is 5.91 Å². The number of hydrogen-bond acceptors (Lipinski definition) is 6. The van der Waals surface area contributed by atoms with E-state index in [1.165, 1.54) is 154 Å². The third kappa shape index (κ3) is 53.3. The van der Waals surface area contributed by atoms with Crippen LogP contribution in [0.3, 0.4) is 0 Å². The maximum Gasteiger partial charge on any atom is 0.268 e. The smallest absolute Gasteiger partial charge is 0.268 e. The number of amides is 1. The van der Waals surface area contributed by atoms with Crippen molar-refractivity contribution in [3.05, 3.63) is 85.1 Å². The lowest BCUT2D eigenvalue weighted by molar-refractivity contribution is -0.870. The molecule has 0 aliphatic rings. The molecule has 0 spiro atoms. The molecule has 0 aromatic rings. The van der Waals surface area contributed by atoms with E-state index in [9.17, 15) is 19.4 Å². The highest BCUT2D eigenvalue weighted by Crippen LogP contribution is 2.38. The van der Waals surface area contributed by atoms with Crippen LogP contribution in [0.15, 0.2) is 85.1 Å². The lowest BCUT2D eigenvalue weighted by Gasteiger charge is -2.29. The molecule has 0 saturated heterocycles. The Bertz CT molecular complexity index is 1400. The summed E-state index contributed by atoms with van der Waals surface area (Å²) in [4.78, 5) is 25.4. The number of phosphoric acid groups is 1. The number of phosphoric ester groups is 1. The molecule has 0 heterocycles. The number of unbranched alkanes of at least 4 members (excludes halogenated alkanes) is 26. The Kier molecular flexibility index (Phi) is 48.9. The monoisotopic (exact) mass is 985 g/mol. The van der Waals surface area contributed by atoms with Gasteiger partial charge >= 0.3 is 0 Å². The van der Waals surface area contributed by atoms with Gasteiger partial charge in [-0.2, -0.15) is 0 Å². The number of hydrogen-bond donors (Lipinski definition) is 2. The highest BCUT2D eigenvalue weighted by molar-refractivity contribution is 7.45. The van der Waals surface area contributed by atoms with Crippen LogP contribution >= 0.6 is 7.82 Å². The standard InChI is InChI=1S/C60H109N2O6P/c1-6-8-10-12-14-16-18-20-22-24-25-26-27-28-29-30-31-32-33-34-35-36-38-39-41-43-45-47-49-51-53-59(63)58(57-68-69(65,66)67-56-55-62(3,4)5)61-60(64)54-52-50-48-46-44-42-40-37-23-21-19-17-15-13-11-9-7-2/h9,11,15,17,21,23,40,42-43,45-46,48,51,53,58-59,63H,6-8,10,12-14,16,18-20,22,24-39,41,44,47,49-50,52,54-57H2,1-5H3,(H-,61,64,65,66)/b11-9-,17-15-,23-21-,42-40-,45-43+,48-46-,53-51+. The summed E-state index contributed by atoms with van der Waals surface area (Å²) < 4.78 is 23.3. The topological polar surface area (TPSA) is 108 Å². The normalized spacial score (nSPS) is 14.6. The maximum absolute atomic E-state index is 12.9. The maximum atomic E-state index is 12.9. The summed E-state index contributed by atoms with van der Waals surface area (Å²) >= 11 is 0. The highest BCUT2D eigenvalue weighted by Gasteiger charge is 2.23. The molecule has 3 unspecified atom stereocenters. The molecule has 2 N–H and O–H groups in total. The van der Waals surface area contributed by atoms with Crippen LogP contribution in [0.25, 0.3) is 0 Å². The fraction of sp³-hybridized carbons (Fsp3) is 0.750. The molecule has 9 heteroatoms. The van der Waals surface area contributed by atoms with Gasteiger partial charge in [-0.3, -0.25) is 9.36 Å². The van der Waals surface area contributed by atoms with E-state index in [-0.39, 0.29) is 18.9 Å². The van der Waals surface area contributed by atoms with Crippen LogP contribution in [0, 0.1) is 0 Å². The van der Waals surface area contributed by atoms with Crippen LogP contribution in [0.1, 0.15) is 239 Å². The highest BCUT2D eigenvalue weighted by atomic mass is 31.2. The molecule has 0 aromatic heterocycles. The number of allylic oxidation sites excluding steroid dienone is 13. The van der Waals surface area contributed by atoms with Crippen molar-refractivity contribution in [2.45, 2.75) is 251 Å². The van der Waals surface area contributed by atoms with E-state index in [0.717, 1.165) is 57.8 Å². The molecule has 0 aliphatic carbocycles. The number of likely N-dealkylation sites (N-methyl/N-ethyl adjacent to an activating group) is 1. The van der Waals surface area contributed by atoms with Gasteiger partial charge in [-0.15, -0.1) is 0 Å². The fourth-order valence-corrected chi connectivity index (χ4v) is 8.63. The number of nitrogens with one attached hydrogen (secondary N) is 1. The first-order valence-corrected chi connectivity index (χ1v) is 29.9. The third-order valence-corrected chi connectivity index (χ3v) is 13.3. The van der Waals surface area contributed by atoms with Gasteiger partial charge in [0.05, 0.1) is 39.9 Å². The molecule has 0 aliphatic heterocycles. The molecule has 1 amide bonds. The first-order chi connectivity index (χ1) is 33.5. The summed E-state index contributed by atoms with van der Waals surface area (Å²) in [6.07, 6.45) is 71.2. The predicted molar refractivity (Wildman–Crippen MR) is 297 cm³/mol. The number of quaternary nitrogens is 1. The second kappa shape index (κ2) is 50.6. The number of carbonyl (C=O) groups is 1. The summed E-state index contributed by atoms with van der Waals surface area (Å²) in [5, 5.41) is 13.8. The average Bonchev–Trinajstić information content (AvgIpc) is 3.31. The quantitative estimate of drug-likeness (QED) is 0.0272. The van der Waals surface area contributed by atoms with Gasteiger partial charge in [-0.05, 0) is 70.6 Å². The average molecular weight is 986 g/mol. The zero-order chi connectivity index (χ0) is 50.6. The molecule has 0 aromatic carbocycles. The van der Waals surface area contributed by atoms with E-state index < -0.39 is 26.6 Å². The van der Waals surface area contributed by atoms with Crippen molar-refractivity contribution in [1.82, 2.24) is 5.32 Å². The van der Waals surface area contributed by atoms with Crippen molar-refractivity contribution in [1.29, 1.82) is 0 Å². The van der Waals surface area contributed by atoms with Gasteiger partial charge in [-0.25, -0.2) is 0 Å². The van der Waals surface area contributed by atoms with Crippen LogP contribution in [0.2, 0.25) is 0 Å². The first-order valence-electron chi connectivity index (χ1n) is 28.4. The number of rotatable bonds is 51. The lowest BCUT2D eigenvalue weighted by atomic mass is 10.0. The first kappa shape index (κ1) is 66.7. The molecule has 0 bridgehead atoms. The summed E-state index contributed by atoms with van der Waals surface area (Å²) in [5.41, 5.74) is 0. The van der Waals surface area contributed by atoms with Crippen LogP contribution in [0.5, 0.6) is 0 Å². The molecular weight excluding hydrogens is 876 g/mol. The van der Waals surface area contributed by atoms with Gasteiger partial charge in [0, 0.05) is 6.42 Å². The lowest BCUT2D eigenvalue weighted by Crippen LogP contribution is -2.45. The summed E-state index contributed by atoms with van der Waals surface area (Å²) in [6, 6.07) is -0.939. The predicted octanol–water partition coefficient (Wildman–Crippen LogP) is 16.6. The third-order valence-electron chi connectivity index (χ3n) is 12.3. The van der Waals surface area contributed by atoms with E-state index in [0.29, 0.717) is 17.4 Å². The minimum absolute atomic E-state index is 0.0211. The summed E-state index contributed by atoms with van der Waals surface area (Å²) in [6.45, 7) is 4.47. The zero-order valence-electron chi connectivity index (χ0n) is 45.5. The van der Waals surface area contributed by atoms with Gasteiger partial charge in [-0.1, -0.05) is 247 Å². The van der Waals surface area contributed by atoms with E-state index in [4.69, 9.17) is 9.05 Å². The minimum atomic E-state index is -4.62. The van der Waals surface area contributed by atoms with Gasteiger partial charge in [0.1, 0.15) is 13.2 Å². The van der Waals surface area contributed by atoms with Gasteiger partial charge in [0.15, 0.2) is 0 Å². The molecule has 69 heavy (non-hydrogen) atoms. The van der Waals surface area contributed by atoms with Crippen molar-refractivity contribution in [3.63, 3.8) is 0 Å². The summed E-state index contributed by atoms with van der Waals surface area (Å²) in [5.74, 6) is -0.265. The Morgan fingerprint density at radius 3 is 1.35 bits per heavy atom. The van der Waals surface area contributed by atoms with Crippen LogP contribution < -0.4 is 10.2 Å². The van der Waals surface area contributed by atoms with Crippen LogP contribution in [-0.4, -0.2) is 68.5 Å². The van der Waals surface area contributed by atoms with Gasteiger partial charge < -0.3 is 28.8 Å². The fourth-order valence-electron chi connectivity index (χ4n) is 7.91. The van der Waals surface area contributed by atoms with Crippen molar-refractivity contribution in [3.8, 4) is 0 Å². The zero-order valence-corrected chi connectivity index (χ0v) is 46.4. The molecule has 0 fully saturated rings. The van der Waals surface area contributed by atoms with Crippen molar-refractivity contribution in [2.24, 2.45) is 0 Å². The second-order valence-corrected chi connectivity index (χ2v) is 21.7. The Balaban J connectivity index is 4.27. The Morgan fingerprint density at radius 2 is 0.899 bits per heavy atom. The van der Waals surface area contributed by atoms with Crippen molar-refractivity contribution < 1.29 is 32.9 Å². The Labute approximate surface area is 426 Å². The van der Waals surface area contributed by atoms with E-state index in [2.05, 4.69) is 92.1 Å². The number of aliphatic hydroxyl groups is 1. The Hall–Kier alpha value is -2.32. The van der Waals surface area contributed by atoms with Gasteiger partial charge in [0.25, 0.3) is 7.82 Å². The molecule has 8 nitrogen and oxygen atoms in total. The van der Waals surface area contributed by atoms with Crippen LogP contribution in [0.4, 0.5) is 0 Å². The molecule has 400 valence electrons. The van der Waals surface area contributed by atoms with Crippen molar-refractivity contribution in [2.75, 3.05) is 40.9 Å². The Morgan fingerprint density at radius 1 is 0.522 bits per heavy atom. The number of carbonyl (C=O) groups excluding carboxylic acids is 1. The molecule has 3 atom stereocenters. The molecule has 0 saturated carbocycles. The van der Waals surface area contributed by atoms with E-state index >= 15 is 0 Å². The molecular formula is C60H109N2O6P. The largest absolute Gasteiger partial charge is 0.756 e. The second-order valence-electron chi connectivity index (χ2n) is 20.3. The van der Waals surface area contributed by atoms with Crippen molar-refractivity contribution >= 4 is 13.7 Å². The van der Waals surface area contributed by atoms with E-state index in [1.807, 2.05) is 27.2 Å².